The second-order valence-corrected chi connectivity index (χ2v) is 6.59. The van der Waals surface area contributed by atoms with Crippen molar-refractivity contribution >= 4 is 23.9 Å². The molecule has 24 heavy (non-hydrogen) atoms. The van der Waals surface area contributed by atoms with Crippen LogP contribution in [0.2, 0.25) is 0 Å². The van der Waals surface area contributed by atoms with Crippen molar-refractivity contribution in [3.05, 3.63) is 59.0 Å². The Hall–Kier alpha value is -1.94. The summed E-state index contributed by atoms with van der Waals surface area (Å²) in [6.07, 6.45) is 19.6. The van der Waals surface area contributed by atoms with Crippen molar-refractivity contribution in [2.75, 3.05) is 6.54 Å². The first-order valence-electron chi connectivity index (χ1n) is 8.54. The second kappa shape index (κ2) is 10.0. The molecule has 3 N–H and O–H groups in total. The molecule has 0 aromatic rings. The molecule has 0 aromatic carbocycles. The van der Waals surface area contributed by atoms with Gasteiger partial charge < -0.3 is 11.1 Å². The lowest BCUT2D eigenvalue weighted by molar-refractivity contribution is 0.443. The van der Waals surface area contributed by atoms with Crippen LogP contribution in [-0.4, -0.2) is 18.3 Å². The molecule has 0 radical (unpaired) electrons. The lowest BCUT2D eigenvalue weighted by Gasteiger charge is -2.26. The fourth-order valence-corrected chi connectivity index (χ4v) is 3.25. The Labute approximate surface area is 150 Å². The molecule has 0 saturated heterocycles. The predicted molar refractivity (Wildman–Crippen MR) is 108 cm³/mol. The van der Waals surface area contributed by atoms with Gasteiger partial charge >= 0.3 is 0 Å². The fourth-order valence-electron chi connectivity index (χ4n) is 3.10. The second-order valence-electron chi connectivity index (χ2n) is 6.35. The van der Waals surface area contributed by atoms with Gasteiger partial charge in [-0.25, -0.2) is 0 Å². The number of hydrogen-bond donors (Lipinski definition) is 2. The summed E-state index contributed by atoms with van der Waals surface area (Å²) in [6.45, 7) is 3.03. The van der Waals surface area contributed by atoms with E-state index in [1.807, 2.05) is 6.21 Å². The SMILES string of the molecule is CC1=C(CN=CC2=CC=CCC=C2)CC(C/C(=C/N)NC=S)CC1. The van der Waals surface area contributed by atoms with Gasteiger partial charge in [0.2, 0.25) is 0 Å². The van der Waals surface area contributed by atoms with Crippen molar-refractivity contribution in [3.63, 3.8) is 0 Å². The molecule has 0 bridgehead atoms. The van der Waals surface area contributed by atoms with E-state index >= 15 is 0 Å². The number of allylic oxidation sites excluding steroid dienone is 8. The number of nitrogens with zero attached hydrogens (tertiary/aromatic N) is 1. The summed E-state index contributed by atoms with van der Waals surface area (Å²) in [5, 5.41) is 3.06. The van der Waals surface area contributed by atoms with E-state index in [2.05, 4.69) is 47.6 Å². The van der Waals surface area contributed by atoms with Crippen LogP contribution in [0.15, 0.2) is 64.0 Å². The highest BCUT2D eigenvalue weighted by molar-refractivity contribution is 7.78. The van der Waals surface area contributed by atoms with E-state index in [1.54, 1.807) is 6.20 Å². The monoisotopic (exact) mass is 341 g/mol. The molecule has 0 spiro atoms. The van der Waals surface area contributed by atoms with Gasteiger partial charge in [-0.2, -0.15) is 0 Å². The summed E-state index contributed by atoms with van der Waals surface area (Å²) >= 11 is 4.86. The maximum Gasteiger partial charge on any atom is 0.0656 e. The number of nitrogens with two attached hydrogens (primary N) is 1. The predicted octanol–water partition coefficient (Wildman–Crippen LogP) is 4.35. The fraction of sp³-hybridized carbons (Fsp3) is 0.400. The largest absolute Gasteiger partial charge is 0.403 e. The number of aliphatic imine (C=N–C) groups is 1. The number of hydrogen-bond acceptors (Lipinski definition) is 3. The Morgan fingerprint density at radius 3 is 3.12 bits per heavy atom. The topological polar surface area (TPSA) is 50.4 Å². The molecule has 0 heterocycles. The van der Waals surface area contributed by atoms with Crippen LogP contribution in [0.25, 0.3) is 0 Å². The summed E-state index contributed by atoms with van der Waals surface area (Å²) in [5.74, 6) is 0.607. The van der Waals surface area contributed by atoms with Gasteiger partial charge in [0, 0.05) is 18.1 Å². The van der Waals surface area contributed by atoms with E-state index in [1.165, 1.54) is 23.1 Å². The third-order valence-electron chi connectivity index (χ3n) is 4.55. The van der Waals surface area contributed by atoms with Crippen LogP contribution in [0.3, 0.4) is 0 Å². The first-order valence-corrected chi connectivity index (χ1v) is 9.01. The summed E-state index contributed by atoms with van der Waals surface area (Å²) in [4.78, 5) is 4.67. The molecule has 128 valence electrons. The maximum atomic E-state index is 5.67. The molecule has 4 heteroatoms. The van der Waals surface area contributed by atoms with Crippen LogP contribution in [0.5, 0.6) is 0 Å². The van der Waals surface area contributed by atoms with Crippen LogP contribution in [0.4, 0.5) is 0 Å². The van der Waals surface area contributed by atoms with Gasteiger partial charge in [0.15, 0.2) is 0 Å². The number of nitrogens with one attached hydrogen (secondary N) is 1. The quantitative estimate of drug-likeness (QED) is 0.411. The van der Waals surface area contributed by atoms with E-state index in [0.29, 0.717) is 5.92 Å². The van der Waals surface area contributed by atoms with Gasteiger partial charge in [0.05, 0.1) is 12.0 Å². The van der Waals surface area contributed by atoms with Crippen LogP contribution < -0.4 is 11.1 Å². The molecule has 1 unspecified atom stereocenters. The van der Waals surface area contributed by atoms with Gasteiger partial charge in [0.25, 0.3) is 0 Å². The highest BCUT2D eigenvalue weighted by Gasteiger charge is 2.19. The minimum Gasteiger partial charge on any atom is -0.403 e. The smallest absolute Gasteiger partial charge is 0.0656 e. The van der Waals surface area contributed by atoms with Gasteiger partial charge in [-0.1, -0.05) is 48.2 Å². The van der Waals surface area contributed by atoms with Crippen LogP contribution in [0.1, 0.15) is 39.0 Å². The lowest BCUT2D eigenvalue weighted by atomic mass is 9.82. The Morgan fingerprint density at radius 2 is 2.33 bits per heavy atom. The summed E-state index contributed by atoms with van der Waals surface area (Å²) in [7, 11) is 0. The highest BCUT2D eigenvalue weighted by atomic mass is 32.1. The Kier molecular flexibility index (Phi) is 7.69. The Balaban J connectivity index is 1.92. The lowest BCUT2D eigenvalue weighted by Crippen LogP contribution is -2.18. The highest BCUT2D eigenvalue weighted by Crippen LogP contribution is 2.32. The maximum absolute atomic E-state index is 5.67. The standard InChI is InChI=1S/C20H27N3S/c1-16-8-9-18(11-20(12-21)23-15-24)10-19(16)14-22-13-17-6-4-2-3-5-7-17/h2,4-7,12-13,15,18H,3,8-11,14,21H2,1H3,(H,23,24)/b20-12-,22-13?. The molecular formula is C20H27N3S. The van der Waals surface area contributed by atoms with Gasteiger partial charge in [-0.15, -0.1) is 0 Å². The number of thiocarbonyl (C=S) groups is 1. The third kappa shape index (κ3) is 5.93. The zero-order valence-corrected chi connectivity index (χ0v) is 15.2. The Morgan fingerprint density at radius 1 is 1.46 bits per heavy atom. The molecule has 0 saturated carbocycles. The van der Waals surface area contributed by atoms with Crippen molar-refractivity contribution in [1.29, 1.82) is 0 Å². The third-order valence-corrected chi connectivity index (χ3v) is 4.67. The van der Waals surface area contributed by atoms with E-state index in [4.69, 9.17) is 18.0 Å². The van der Waals surface area contributed by atoms with E-state index < -0.39 is 0 Å². The van der Waals surface area contributed by atoms with Crippen molar-refractivity contribution in [2.45, 2.75) is 39.0 Å². The van der Waals surface area contributed by atoms with Crippen molar-refractivity contribution < 1.29 is 0 Å². The first kappa shape index (κ1) is 18.4. The van der Waals surface area contributed by atoms with Crippen molar-refractivity contribution in [2.24, 2.45) is 16.6 Å². The molecule has 0 aromatic heterocycles. The minimum atomic E-state index is 0.607. The van der Waals surface area contributed by atoms with E-state index in [0.717, 1.165) is 43.5 Å². The van der Waals surface area contributed by atoms with Gasteiger partial charge in [0.1, 0.15) is 0 Å². The number of rotatable bonds is 7. The average molecular weight is 342 g/mol. The Bertz CT molecular complexity index is 621. The zero-order chi connectivity index (χ0) is 17.2. The first-order chi connectivity index (χ1) is 11.7. The van der Waals surface area contributed by atoms with Crippen LogP contribution in [0, 0.1) is 5.92 Å². The van der Waals surface area contributed by atoms with Gasteiger partial charge in [-0.3, -0.25) is 4.99 Å². The molecule has 2 rings (SSSR count). The summed E-state index contributed by atoms with van der Waals surface area (Å²) < 4.78 is 0. The van der Waals surface area contributed by atoms with Crippen molar-refractivity contribution in [1.82, 2.24) is 5.32 Å². The zero-order valence-electron chi connectivity index (χ0n) is 14.4. The molecule has 3 nitrogen and oxygen atoms in total. The average Bonchev–Trinajstić information content (AvgIpc) is 2.86. The van der Waals surface area contributed by atoms with Crippen LogP contribution >= 0.6 is 12.2 Å². The molecule has 0 fully saturated rings. The molecule has 2 aliphatic carbocycles. The molecule has 1 atom stereocenters. The van der Waals surface area contributed by atoms with Crippen molar-refractivity contribution in [3.8, 4) is 0 Å². The molecule has 0 amide bonds. The molecule has 0 aliphatic heterocycles. The minimum absolute atomic E-state index is 0.607. The molecule has 2 aliphatic rings. The van der Waals surface area contributed by atoms with Crippen LogP contribution in [-0.2, 0) is 0 Å². The molecular weight excluding hydrogens is 314 g/mol. The summed E-state index contributed by atoms with van der Waals surface area (Å²) in [5.41, 5.74) is 12.3. The van der Waals surface area contributed by atoms with E-state index in [-0.39, 0.29) is 0 Å². The normalized spacial score (nSPS) is 21.8. The van der Waals surface area contributed by atoms with E-state index in [9.17, 15) is 0 Å². The summed E-state index contributed by atoms with van der Waals surface area (Å²) in [6, 6.07) is 0. The van der Waals surface area contributed by atoms with Gasteiger partial charge in [-0.05, 0) is 56.1 Å².